The van der Waals surface area contributed by atoms with Gasteiger partial charge in [-0.15, -0.1) is 0 Å². The predicted molar refractivity (Wildman–Crippen MR) is 136 cm³/mol. The Labute approximate surface area is 205 Å². The van der Waals surface area contributed by atoms with Crippen LogP contribution >= 0.6 is 0 Å². The third-order valence-corrected chi connectivity index (χ3v) is 5.61. The summed E-state index contributed by atoms with van der Waals surface area (Å²) in [4.78, 5) is 14.3. The van der Waals surface area contributed by atoms with Gasteiger partial charge >= 0.3 is 5.97 Å². The highest BCUT2D eigenvalue weighted by molar-refractivity contribution is 5.89. The van der Waals surface area contributed by atoms with Crippen molar-refractivity contribution in [2.75, 3.05) is 38.3 Å². The van der Waals surface area contributed by atoms with Crippen molar-refractivity contribution in [3.8, 4) is 0 Å². The van der Waals surface area contributed by atoms with Crippen LogP contribution in [0.2, 0.25) is 0 Å². The Morgan fingerprint density at radius 2 is 1.14 bits per heavy atom. The van der Waals surface area contributed by atoms with Gasteiger partial charge in [0.1, 0.15) is 6.61 Å². The molecule has 4 rings (SSSR count). The molecule has 0 N–H and O–H groups in total. The quantitative estimate of drug-likeness (QED) is 0.186. The van der Waals surface area contributed by atoms with Crippen LogP contribution in [0.25, 0.3) is 0 Å². The number of benzene rings is 3. The van der Waals surface area contributed by atoms with Gasteiger partial charge in [-0.1, -0.05) is 0 Å². The zero-order valence-corrected chi connectivity index (χ0v) is 19.8. The molecular weight excluding hydrogens is 442 g/mol. The topological polar surface area (TPSA) is 88.2 Å². The highest BCUT2D eigenvalue weighted by Gasteiger charge is 2.10. The molecule has 1 aliphatic heterocycles. The van der Waals surface area contributed by atoms with Gasteiger partial charge in [-0.3, -0.25) is 0 Å². The largest absolute Gasteiger partial charge is 0.460 e. The van der Waals surface area contributed by atoms with E-state index in [4.69, 9.17) is 9.47 Å². The standard InChI is InChI=1S/C27H29N5O3/c1-34-19-20-35-27(33)21-5-7-22(8-6-21)28-29-23-9-11-24(12-10-23)30-31-25-13-15-26(16-14-25)32-17-3-2-4-18-32/h5-16H,2-4,17-20H2,1H3. The molecule has 0 radical (unpaired) electrons. The van der Waals surface area contributed by atoms with Crippen molar-refractivity contribution in [2.24, 2.45) is 20.5 Å². The van der Waals surface area contributed by atoms with Crippen molar-refractivity contribution < 1.29 is 14.3 Å². The van der Waals surface area contributed by atoms with Gasteiger partial charge < -0.3 is 14.4 Å². The molecule has 0 amide bonds. The third-order valence-electron chi connectivity index (χ3n) is 5.61. The fraction of sp³-hybridized carbons (Fsp3) is 0.296. The number of azo groups is 2. The number of anilines is 1. The molecule has 0 unspecified atom stereocenters. The van der Waals surface area contributed by atoms with E-state index in [1.165, 1.54) is 24.9 Å². The van der Waals surface area contributed by atoms with Crippen molar-refractivity contribution in [1.82, 2.24) is 0 Å². The van der Waals surface area contributed by atoms with Crippen molar-refractivity contribution in [2.45, 2.75) is 19.3 Å². The number of nitrogens with zero attached hydrogens (tertiary/aromatic N) is 5. The Balaban J connectivity index is 1.30. The zero-order chi connectivity index (χ0) is 24.3. The fourth-order valence-electron chi connectivity index (χ4n) is 3.66. The molecule has 180 valence electrons. The van der Waals surface area contributed by atoms with Crippen LogP contribution < -0.4 is 4.90 Å². The lowest BCUT2D eigenvalue weighted by molar-refractivity contribution is 0.0388. The molecule has 35 heavy (non-hydrogen) atoms. The maximum Gasteiger partial charge on any atom is 0.338 e. The lowest BCUT2D eigenvalue weighted by atomic mass is 10.1. The normalized spacial score (nSPS) is 14.0. The summed E-state index contributed by atoms with van der Waals surface area (Å²) in [5.41, 5.74) is 4.58. The zero-order valence-electron chi connectivity index (χ0n) is 19.8. The first-order valence-corrected chi connectivity index (χ1v) is 11.8. The minimum absolute atomic E-state index is 0.220. The van der Waals surface area contributed by atoms with Gasteiger partial charge in [-0.2, -0.15) is 20.5 Å². The molecule has 3 aromatic carbocycles. The number of esters is 1. The Morgan fingerprint density at radius 3 is 1.63 bits per heavy atom. The van der Waals surface area contributed by atoms with E-state index in [1.807, 2.05) is 36.4 Å². The molecule has 0 atom stereocenters. The summed E-state index contributed by atoms with van der Waals surface area (Å²) in [6.07, 6.45) is 3.84. The van der Waals surface area contributed by atoms with Crippen LogP contribution in [0.1, 0.15) is 29.6 Å². The van der Waals surface area contributed by atoms with E-state index < -0.39 is 5.97 Å². The van der Waals surface area contributed by atoms with Gasteiger partial charge in [-0.25, -0.2) is 4.79 Å². The average Bonchev–Trinajstić information content (AvgIpc) is 2.92. The van der Waals surface area contributed by atoms with E-state index in [-0.39, 0.29) is 6.61 Å². The molecule has 1 saturated heterocycles. The van der Waals surface area contributed by atoms with Crippen LogP contribution in [0.3, 0.4) is 0 Å². The Morgan fingerprint density at radius 1 is 0.686 bits per heavy atom. The van der Waals surface area contributed by atoms with Crippen LogP contribution in [0.5, 0.6) is 0 Å². The van der Waals surface area contributed by atoms with Crippen LogP contribution in [0.15, 0.2) is 93.3 Å². The number of ether oxygens (including phenoxy) is 2. The van der Waals surface area contributed by atoms with Gasteiger partial charge in [0.05, 0.1) is 34.9 Å². The van der Waals surface area contributed by atoms with Crippen molar-refractivity contribution in [1.29, 1.82) is 0 Å². The molecule has 0 saturated carbocycles. The maximum atomic E-state index is 11.9. The molecule has 1 heterocycles. The number of rotatable bonds is 9. The Bertz CT molecular complexity index is 1140. The first kappa shape index (κ1) is 24.2. The number of hydrogen-bond donors (Lipinski definition) is 0. The van der Waals surface area contributed by atoms with E-state index in [0.29, 0.717) is 23.5 Å². The monoisotopic (exact) mass is 471 g/mol. The molecule has 0 aromatic heterocycles. The number of methoxy groups -OCH3 is 1. The summed E-state index contributed by atoms with van der Waals surface area (Å²) in [5, 5.41) is 17.1. The van der Waals surface area contributed by atoms with Gasteiger partial charge in [0.25, 0.3) is 0 Å². The molecular formula is C27H29N5O3. The summed E-state index contributed by atoms with van der Waals surface area (Å²) < 4.78 is 9.96. The first-order chi connectivity index (χ1) is 17.2. The minimum atomic E-state index is -0.395. The molecule has 1 aliphatic rings. The molecule has 0 spiro atoms. The summed E-state index contributed by atoms with van der Waals surface area (Å²) >= 11 is 0. The molecule has 0 bridgehead atoms. The van der Waals surface area contributed by atoms with Gasteiger partial charge in [-0.05, 0) is 92.1 Å². The lowest BCUT2D eigenvalue weighted by Crippen LogP contribution is -2.29. The van der Waals surface area contributed by atoms with Crippen LogP contribution in [-0.4, -0.2) is 39.4 Å². The second-order valence-electron chi connectivity index (χ2n) is 8.16. The summed E-state index contributed by atoms with van der Waals surface area (Å²) in [7, 11) is 1.56. The summed E-state index contributed by atoms with van der Waals surface area (Å²) in [6.45, 7) is 2.83. The Kier molecular flexibility index (Phi) is 8.67. The summed E-state index contributed by atoms with van der Waals surface area (Å²) in [5.74, 6) is -0.395. The van der Waals surface area contributed by atoms with Gasteiger partial charge in [0, 0.05) is 25.9 Å². The van der Waals surface area contributed by atoms with E-state index in [1.54, 1.807) is 31.4 Å². The lowest BCUT2D eigenvalue weighted by Gasteiger charge is -2.28. The molecule has 1 fully saturated rings. The predicted octanol–water partition coefficient (Wildman–Crippen LogP) is 7.31. The van der Waals surface area contributed by atoms with E-state index in [9.17, 15) is 4.79 Å². The maximum absolute atomic E-state index is 11.9. The molecule has 0 aliphatic carbocycles. The van der Waals surface area contributed by atoms with Crippen molar-refractivity contribution in [3.63, 3.8) is 0 Å². The molecule has 8 heteroatoms. The second kappa shape index (κ2) is 12.5. The van der Waals surface area contributed by atoms with Gasteiger partial charge in [0.15, 0.2) is 0 Å². The van der Waals surface area contributed by atoms with Crippen molar-refractivity contribution in [3.05, 3.63) is 78.4 Å². The van der Waals surface area contributed by atoms with E-state index >= 15 is 0 Å². The van der Waals surface area contributed by atoms with Crippen LogP contribution in [-0.2, 0) is 9.47 Å². The molecule has 3 aromatic rings. The van der Waals surface area contributed by atoms with Crippen molar-refractivity contribution >= 4 is 34.4 Å². The highest BCUT2D eigenvalue weighted by Crippen LogP contribution is 2.26. The van der Waals surface area contributed by atoms with Crippen LogP contribution in [0.4, 0.5) is 28.4 Å². The SMILES string of the molecule is COCCOC(=O)c1ccc(N=Nc2ccc(N=Nc3ccc(N4CCCCC4)cc3)cc2)cc1. The molecule has 8 nitrogen and oxygen atoms in total. The second-order valence-corrected chi connectivity index (χ2v) is 8.16. The van der Waals surface area contributed by atoms with E-state index in [2.05, 4.69) is 37.5 Å². The van der Waals surface area contributed by atoms with E-state index in [0.717, 1.165) is 24.5 Å². The number of hydrogen-bond acceptors (Lipinski definition) is 8. The number of carbonyl (C=O) groups is 1. The summed E-state index contributed by atoms with van der Waals surface area (Å²) in [6, 6.07) is 22.3. The Hall–Kier alpha value is -3.91. The van der Waals surface area contributed by atoms with Crippen LogP contribution in [0, 0.1) is 0 Å². The van der Waals surface area contributed by atoms with Gasteiger partial charge in [0.2, 0.25) is 0 Å². The third kappa shape index (κ3) is 7.28. The smallest absolute Gasteiger partial charge is 0.338 e. The highest BCUT2D eigenvalue weighted by atomic mass is 16.6. The fourth-order valence-corrected chi connectivity index (χ4v) is 3.66. The minimum Gasteiger partial charge on any atom is -0.460 e. The average molecular weight is 472 g/mol. The number of piperidine rings is 1. The number of carbonyl (C=O) groups excluding carboxylic acids is 1. The first-order valence-electron chi connectivity index (χ1n) is 11.8.